The molecule has 5 rings (SSSR count). The number of halogens is 2. The standard InChI is InChI=1S/C24H21ClFN5O2/c25-20-14-31(18-4-3-16(11-27)21(26)9-18)23(32)10-22(20)33-19-5-7-30(8-6-19)24-28-12-17(13-29-24)15-1-2-15/h3-4,9-10,12-15,19H,1-2,5-8H2. The highest BCUT2D eigenvalue weighted by Gasteiger charge is 2.26. The van der Waals surface area contributed by atoms with Crippen molar-refractivity contribution in [2.24, 2.45) is 0 Å². The molecule has 2 aliphatic rings. The molecule has 3 aromatic rings. The maximum absolute atomic E-state index is 14.0. The number of nitrogens with zero attached hydrogens (tertiary/aromatic N) is 5. The van der Waals surface area contributed by atoms with Crippen LogP contribution in [-0.2, 0) is 0 Å². The number of ether oxygens (including phenoxy) is 1. The highest BCUT2D eigenvalue weighted by Crippen LogP contribution is 2.39. The van der Waals surface area contributed by atoms with Crippen molar-refractivity contribution in [1.82, 2.24) is 14.5 Å². The number of rotatable bonds is 5. The third-order valence-corrected chi connectivity index (χ3v) is 6.33. The molecule has 1 aliphatic carbocycles. The minimum absolute atomic E-state index is 0.0894. The Morgan fingerprint density at radius 3 is 2.48 bits per heavy atom. The van der Waals surface area contributed by atoms with Crippen LogP contribution in [0.25, 0.3) is 5.69 Å². The Hall–Kier alpha value is -3.44. The van der Waals surface area contributed by atoms with Gasteiger partial charge in [-0.1, -0.05) is 11.6 Å². The van der Waals surface area contributed by atoms with E-state index in [1.165, 1.54) is 47.4 Å². The molecule has 33 heavy (non-hydrogen) atoms. The smallest absolute Gasteiger partial charge is 0.258 e. The summed E-state index contributed by atoms with van der Waals surface area (Å²) in [5.41, 5.74) is 1.00. The summed E-state index contributed by atoms with van der Waals surface area (Å²) in [6.45, 7) is 1.49. The minimum Gasteiger partial charge on any atom is -0.488 e. The molecule has 7 nitrogen and oxygen atoms in total. The quantitative estimate of drug-likeness (QED) is 0.561. The first-order chi connectivity index (χ1) is 16.0. The number of hydrogen-bond donors (Lipinski definition) is 0. The molecule has 1 saturated carbocycles. The van der Waals surface area contributed by atoms with Gasteiger partial charge in [0.15, 0.2) is 0 Å². The molecule has 0 bridgehead atoms. The molecule has 0 N–H and O–H groups in total. The highest BCUT2D eigenvalue weighted by atomic mass is 35.5. The van der Waals surface area contributed by atoms with E-state index in [4.69, 9.17) is 21.6 Å². The van der Waals surface area contributed by atoms with E-state index in [-0.39, 0.29) is 22.4 Å². The van der Waals surface area contributed by atoms with Crippen LogP contribution in [0, 0.1) is 17.1 Å². The van der Waals surface area contributed by atoms with E-state index in [0.717, 1.165) is 37.9 Å². The van der Waals surface area contributed by atoms with Crippen LogP contribution in [0.5, 0.6) is 5.75 Å². The molecule has 1 aliphatic heterocycles. The van der Waals surface area contributed by atoms with E-state index in [9.17, 15) is 9.18 Å². The fourth-order valence-electron chi connectivity index (χ4n) is 4.00. The van der Waals surface area contributed by atoms with Crippen molar-refractivity contribution < 1.29 is 9.13 Å². The predicted molar refractivity (Wildman–Crippen MR) is 122 cm³/mol. The number of benzene rings is 1. The van der Waals surface area contributed by atoms with E-state index in [2.05, 4.69) is 14.9 Å². The molecule has 0 atom stereocenters. The summed E-state index contributed by atoms with van der Waals surface area (Å²) in [5.74, 6) is 0.967. The van der Waals surface area contributed by atoms with Gasteiger partial charge in [0.05, 0.1) is 16.3 Å². The summed E-state index contributed by atoms with van der Waals surface area (Å²) in [5, 5.41) is 9.13. The normalized spacial score (nSPS) is 16.5. The first-order valence-electron chi connectivity index (χ1n) is 10.9. The molecule has 0 spiro atoms. The third-order valence-electron chi connectivity index (χ3n) is 6.05. The second-order valence-corrected chi connectivity index (χ2v) is 8.77. The number of anilines is 1. The summed E-state index contributed by atoms with van der Waals surface area (Å²) in [4.78, 5) is 23.8. The van der Waals surface area contributed by atoms with Crippen molar-refractivity contribution in [2.75, 3.05) is 18.0 Å². The largest absolute Gasteiger partial charge is 0.488 e. The lowest BCUT2D eigenvalue weighted by Gasteiger charge is -2.32. The fraction of sp³-hybridized carbons (Fsp3) is 0.333. The highest BCUT2D eigenvalue weighted by molar-refractivity contribution is 6.31. The van der Waals surface area contributed by atoms with Gasteiger partial charge in [-0.25, -0.2) is 14.4 Å². The van der Waals surface area contributed by atoms with Gasteiger partial charge in [-0.2, -0.15) is 5.26 Å². The monoisotopic (exact) mass is 465 g/mol. The zero-order chi connectivity index (χ0) is 22.9. The average molecular weight is 466 g/mol. The van der Waals surface area contributed by atoms with E-state index in [0.29, 0.717) is 11.7 Å². The lowest BCUT2D eigenvalue weighted by atomic mass is 10.1. The van der Waals surface area contributed by atoms with Gasteiger partial charge in [0.2, 0.25) is 5.95 Å². The summed E-state index contributed by atoms with van der Waals surface area (Å²) in [6, 6.07) is 7.02. The Morgan fingerprint density at radius 2 is 1.85 bits per heavy atom. The van der Waals surface area contributed by atoms with Crippen molar-refractivity contribution >= 4 is 17.5 Å². The topological polar surface area (TPSA) is 84.0 Å². The number of piperidine rings is 1. The summed E-state index contributed by atoms with van der Waals surface area (Å²) in [7, 11) is 0. The predicted octanol–water partition coefficient (Wildman–Crippen LogP) is 4.22. The SMILES string of the molecule is N#Cc1ccc(-n2cc(Cl)c(OC3CCN(c4ncc(C5CC5)cn4)CC3)cc2=O)cc1F. The van der Waals surface area contributed by atoms with Gasteiger partial charge >= 0.3 is 0 Å². The molecule has 168 valence electrons. The first-order valence-corrected chi connectivity index (χ1v) is 11.3. The number of aromatic nitrogens is 3. The molecule has 9 heteroatoms. The average Bonchev–Trinajstić information content (AvgIpc) is 3.67. The van der Waals surface area contributed by atoms with Gasteiger partial charge in [-0.05, 0) is 42.5 Å². The molecular formula is C24H21ClFN5O2. The molecule has 0 radical (unpaired) electrons. The van der Waals surface area contributed by atoms with Gasteiger partial charge in [0.1, 0.15) is 23.7 Å². The van der Waals surface area contributed by atoms with Crippen molar-refractivity contribution in [1.29, 1.82) is 5.26 Å². The van der Waals surface area contributed by atoms with Crippen molar-refractivity contribution in [3.05, 3.63) is 75.2 Å². The van der Waals surface area contributed by atoms with E-state index in [1.807, 2.05) is 12.4 Å². The van der Waals surface area contributed by atoms with E-state index in [1.54, 1.807) is 6.07 Å². The zero-order valence-electron chi connectivity index (χ0n) is 17.7. The van der Waals surface area contributed by atoms with Gasteiger partial charge in [-0.15, -0.1) is 0 Å². The molecule has 1 aromatic carbocycles. The van der Waals surface area contributed by atoms with Crippen LogP contribution < -0.4 is 15.2 Å². The van der Waals surface area contributed by atoms with Crippen LogP contribution in [0.3, 0.4) is 0 Å². The van der Waals surface area contributed by atoms with Gasteiger partial charge < -0.3 is 9.64 Å². The number of hydrogen-bond acceptors (Lipinski definition) is 6. The van der Waals surface area contributed by atoms with Crippen LogP contribution >= 0.6 is 11.6 Å². The Labute approximate surface area is 195 Å². The molecule has 1 saturated heterocycles. The Morgan fingerprint density at radius 1 is 1.12 bits per heavy atom. The third kappa shape index (κ3) is 4.55. The summed E-state index contributed by atoms with van der Waals surface area (Å²) < 4.78 is 21.2. The lowest BCUT2D eigenvalue weighted by Crippen LogP contribution is -2.39. The van der Waals surface area contributed by atoms with Gasteiger partial charge in [0.25, 0.3) is 5.56 Å². The Balaban J connectivity index is 1.24. The minimum atomic E-state index is -0.698. The lowest BCUT2D eigenvalue weighted by molar-refractivity contribution is 0.170. The van der Waals surface area contributed by atoms with Crippen LogP contribution in [0.2, 0.25) is 5.02 Å². The van der Waals surface area contributed by atoms with Gasteiger partial charge in [-0.3, -0.25) is 9.36 Å². The molecular weight excluding hydrogens is 445 g/mol. The van der Waals surface area contributed by atoms with Crippen LogP contribution in [0.15, 0.2) is 47.7 Å². The number of pyridine rings is 1. The number of nitriles is 1. The van der Waals surface area contributed by atoms with E-state index >= 15 is 0 Å². The van der Waals surface area contributed by atoms with Crippen LogP contribution in [-0.4, -0.2) is 33.7 Å². The first kappa shape index (κ1) is 21.4. The molecule has 2 aromatic heterocycles. The molecule has 0 unspecified atom stereocenters. The summed E-state index contributed by atoms with van der Waals surface area (Å²) >= 11 is 6.38. The van der Waals surface area contributed by atoms with Crippen LogP contribution in [0.1, 0.15) is 42.7 Å². The maximum atomic E-state index is 14.0. The molecule has 2 fully saturated rings. The van der Waals surface area contributed by atoms with Crippen molar-refractivity contribution in [3.8, 4) is 17.5 Å². The van der Waals surface area contributed by atoms with E-state index < -0.39 is 11.4 Å². The second kappa shape index (κ2) is 8.83. The summed E-state index contributed by atoms with van der Waals surface area (Å²) in [6.07, 6.45) is 9.11. The molecule has 0 amide bonds. The van der Waals surface area contributed by atoms with Crippen molar-refractivity contribution in [2.45, 2.75) is 37.7 Å². The van der Waals surface area contributed by atoms with Crippen molar-refractivity contribution in [3.63, 3.8) is 0 Å². The molecule has 3 heterocycles. The second-order valence-electron chi connectivity index (χ2n) is 8.36. The zero-order valence-corrected chi connectivity index (χ0v) is 18.5. The Kier molecular flexibility index (Phi) is 5.73. The maximum Gasteiger partial charge on any atom is 0.258 e. The Bertz CT molecular complexity index is 1280. The van der Waals surface area contributed by atoms with Gasteiger partial charge in [0, 0.05) is 50.6 Å². The fourth-order valence-corrected chi connectivity index (χ4v) is 4.20. The van der Waals surface area contributed by atoms with Crippen LogP contribution in [0.4, 0.5) is 10.3 Å².